The second-order valence-corrected chi connectivity index (χ2v) is 7.17. The third kappa shape index (κ3) is 3.32. The van der Waals surface area contributed by atoms with Gasteiger partial charge in [0.05, 0.1) is 6.10 Å². The Morgan fingerprint density at radius 2 is 1.65 bits per heavy atom. The van der Waals surface area contributed by atoms with Crippen LogP contribution >= 0.6 is 0 Å². The zero-order valence-corrected chi connectivity index (χ0v) is 13.8. The number of sulfonamides is 1. The molecule has 0 atom stereocenters. The van der Waals surface area contributed by atoms with Crippen molar-refractivity contribution >= 4 is 15.7 Å². The number of hydrogen-bond donors (Lipinski definition) is 1. The number of halogens is 4. The molecule has 4 nitrogen and oxygen atoms in total. The van der Waals surface area contributed by atoms with Crippen LogP contribution in [0, 0.1) is 35.6 Å². The van der Waals surface area contributed by atoms with Gasteiger partial charge in [0.2, 0.25) is 0 Å². The molecule has 0 heterocycles. The molecule has 0 spiro atoms. The Morgan fingerprint density at radius 3 is 2.19 bits per heavy atom. The highest BCUT2D eigenvalue weighted by Crippen LogP contribution is 2.38. The Balaban J connectivity index is 2.15. The molecule has 0 amide bonds. The highest BCUT2D eigenvalue weighted by molar-refractivity contribution is 7.92. The number of terminal acetylenes is 1. The summed E-state index contributed by atoms with van der Waals surface area (Å²) in [5.74, 6) is -5.11. The molecule has 2 aromatic carbocycles. The summed E-state index contributed by atoms with van der Waals surface area (Å²) in [7, 11) is -4.80. The first-order valence-corrected chi connectivity index (χ1v) is 8.85. The van der Waals surface area contributed by atoms with Gasteiger partial charge >= 0.3 is 0 Å². The Bertz CT molecular complexity index is 1010. The summed E-state index contributed by atoms with van der Waals surface area (Å²) in [6, 6.07) is 4.04. The number of ether oxygens (including phenoxy) is 1. The van der Waals surface area contributed by atoms with Crippen molar-refractivity contribution in [1.29, 1.82) is 0 Å². The average molecular weight is 385 g/mol. The van der Waals surface area contributed by atoms with Gasteiger partial charge in [-0.15, -0.1) is 6.42 Å². The summed E-state index contributed by atoms with van der Waals surface area (Å²) < 4.78 is 88.0. The van der Waals surface area contributed by atoms with E-state index < -0.39 is 55.6 Å². The van der Waals surface area contributed by atoms with E-state index in [1.54, 1.807) is 5.92 Å². The van der Waals surface area contributed by atoms with Crippen molar-refractivity contribution < 1.29 is 30.7 Å². The van der Waals surface area contributed by atoms with Crippen LogP contribution in [-0.4, -0.2) is 14.5 Å². The summed E-state index contributed by atoms with van der Waals surface area (Å²) in [5.41, 5.74) is -1.19. The first kappa shape index (κ1) is 18.1. The molecule has 1 aliphatic rings. The Hall–Kier alpha value is -2.73. The van der Waals surface area contributed by atoms with Crippen LogP contribution < -0.4 is 9.46 Å². The molecule has 0 aromatic heterocycles. The number of rotatable bonds is 5. The quantitative estimate of drug-likeness (QED) is 0.486. The van der Waals surface area contributed by atoms with Crippen LogP contribution in [0.15, 0.2) is 29.2 Å². The minimum atomic E-state index is -4.80. The van der Waals surface area contributed by atoms with E-state index in [0.29, 0.717) is 12.8 Å². The van der Waals surface area contributed by atoms with E-state index in [1.807, 2.05) is 4.72 Å². The maximum atomic E-state index is 14.5. The fourth-order valence-corrected chi connectivity index (χ4v) is 3.42. The molecule has 1 aliphatic carbocycles. The zero-order valence-electron chi connectivity index (χ0n) is 13.0. The number of nitrogens with one attached hydrogen (secondary N) is 1. The molecule has 0 radical (unpaired) electrons. The van der Waals surface area contributed by atoms with Crippen molar-refractivity contribution in [2.75, 3.05) is 4.72 Å². The van der Waals surface area contributed by atoms with Gasteiger partial charge in [-0.3, -0.25) is 4.72 Å². The molecule has 136 valence electrons. The lowest BCUT2D eigenvalue weighted by Gasteiger charge is -2.16. The SMILES string of the molecule is C#Cc1c(F)c(F)c(S(=O)(=O)Nc2ccc(F)cc2)c(OC2CC2)c1F. The summed E-state index contributed by atoms with van der Waals surface area (Å²) in [6.45, 7) is 0. The third-order valence-corrected chi connectivity index (χ3v) is 4.96. The van der Waals surface area contributed by atoms with Gasteiger partial charge in [0.1, 0.15) is 11.4 Å². The van der Waals surface area contributed by atoms with Crippen molar-refractivity contribution in [2.45, 2.75) is 23.8 Å². The van der Waals surface area contributed by atoms with E-state index in [0.717, 1.165) is 24.3 Å². The number of hydrogen-bond acceptors (Lipinski definition) is 3. The van der Waals surface area contributed by atoms with Gasteiger partial charge in [0, 0.05) is 5.69 Å². The van der Waals surface area contributed by atoms with E-state index >= 15 is 0 Å². The van der Waals surface area contributed by atoms with Crippen molar-refractivity contribution in [3.63, 3.8) is 0 Å². The lowest BCUT2D eigenvalue weighted by atomic mass is 10.2. The maximum absolute atomic E-state index is 14.5. The first-order chi connectivity index (χ1) is 12.2. The third-order valence-electron chi connectivity index (χ3n) is 3.56. The maximum Gasteiger partial charge on any atom is 0.268 e. The lowest BCUT2D eigenvalue weighted by Crippen LogP contribution is -2.19. The predicted molar refractivity (Wildman–Crippen MR) is 85.1 cm³/mol. The van der Waals surface area contributed by atoms with Gasteiger partial charge in [-0.25, -0.2) is 26.0 Å². The Labute approximate surface area is 146 Å². The molecule has 0 bridgehead atoms. The van der Waals surface area contributed by atoms with Crippen LogP contribution in [0.2, 0.25) is 0 Å². The molecule has 26 heavy (non-hydrogen) atoms. The van der Waals surface area contributed by atoms with Crippen molar-refractivity contribution in [1.82, 2.24) is 0 Å². The molecule has 1 N–H and O–H groups in total. The molecule has 2 aromatic rings. The Morgan fingerprint density at radius 1 is 1.04 bits per heavy atom. The second-order valence-electron chi connectivity index (χ2n) is 5.55. The van der Waals surface area contributed by atoms with Crippen LogP contribution in [-0.2, 0) is 10.0 Å². The minimum Gasteiger partial charge on any atom is -0.486 e. The molecule has 0 aliphatic heterocycles. The normalized spacial score (nSPS) is 14.0. The average Bonchev–Trinajstić information content (AvgIpc) is 3.39. The van der Waals surface area contributed by atoms with Gasteiger partial charge in [-0.1, -0.05) is 5.92 Å². The monoisotopic (exact) mass is 385 g/mol. The van der Waals surface area contributed by atoms with Crippen LogP contribution in [0.1, 0.15) is 18.4 Å². The van der Waals surface area contributed by atoms with Crippen LogP contribution in [0.25, 0.3) is 0 Å². The highest BCUT2D eigenvalue weighted by Gasteiger charge is 2.36. The molecule has 3 rings (SSSR count). The van der Waals surface area contributed by atoms with Gasteiger partial charge < -0.3 is 4.74 Å². The smallest absolute Gasteiger partial charge is 0.268 e. The molecular formula is C17H11F4NO3S. The van der Waals surface area contributed by atoms with Crippen LogP contribution in [0.4, 0.5) is 23.2 Å². The zero-order chi connectivity index (χ0) is 19.1. The fraction of sp³-hybridized carbons (Fsp3) is 0.176. The molecule has 9 heteroatoms. The van der Waals surface area contributed by atoms with Gasteiger partial charge in [0.25, 0.3) is 10.0 Å². The van der Waals surface area contributed by atoms with E-state index in [9.17, 15) is 26.0 Å². The molecule has 1 saturated carbocycles. The summed E-state index contributed by atoms with van der Waals surface area (Å²) in [5, 5.41) is 0. The van der Waals surface area contributed by atoms with Crippen LogP contribution in [0.3, 0.4) is 0 Å². The lowest BCUT2D eigenvalue weighted by molar-refractivity contribution is 0.272. The van der Waals surface area contributed by atoms with Gasteiger partial charge in [-0.05, 0) is 37.1 Å². The van der Waals surface area contributed by atoms with E-state index in [4.69, 9.17) is 11.2 Å². The van der Waals surface area contributed by atoms with E-state index in [1.165, 1.54) is 0 Å². The molecule has 0 saturated heterocycles. The number of benzene rings is 2. The topological polar surface area (TPSA) is 55.4 Å². The van der Waals surface area contributed by atoms with Crippen molar-refractivity contribution in [3.05, 3.63) is 53.1 Å². The van der Waals surface area contributed by atoms with Gasteiger partial charge in [-0.2, -0.15) is 0 Å². The highest BCUT2D eigenvalue weighted by atomic mass is 32.2. The van der Waals surface area contributed by atoms with Crippen molar-refractivity contribution in [3.8, 4) is 18.1 Å². The minimum absolute atomic E-state index is 0.134. The predicted octanol–water partition coefficient (Wildman–Crippen LogP) is 3.57. The van der Waals surface area contributed by atoms with Gasteiger partial charge in [0.15, 0.2) is 28.1 Å². The van der Waals surface area contributed by atoms with E-state index in [-0.39, 0.29) is 5.69 Å². The van der Waals surface area contributed by atoms with E-state index in [2.05, 4.69) is 0 Å². The standard InChI is InChI=1S/C17H11F4NO3S/c1-2-12-13(19)15(21)17(16(14(12)20)25-11-7-8-11)26(23,24)22-10-5-3-9(18)4-6-10/h1,3-6,11,22H,7-8H2. The number of anilines is 1. The summed E-state index contributed by atoms with van der Waals surface area (Å²) in [4.78, 5) is -1.33. The fourth-order valence-electron chi connectivity index (χ4n) is 2.17. The summed E-state index contributed by atoms with van der Waals surface area (Å²) >= 11 is 0. The molecule has 0 unspecified atom stereocenters. The first-order valence-electron chi connectivity index (χ1n) is 7.36. The molecular weight excluding hydrogens is 374 g/mol. The largest absolute Gasteiger partial charge is 0.486 e. The Kier molecular flexibility index (Phi) is 4.54. The van der Waals surface area contributed by atoms with Crippen LogP contribution in [0.5, 0.6) is 5.75 Å². The second kappa shape index (κ2) is 6.53. The van der Waals surface area contributed by atoms with Crippen molar-refractivity contribution in [2.24, 2.45) is 0 Å². The molecule has 1 fully saturated rings. The summed E-state index contributed by atoms with van der Waals surface area (Å²) in [6.07, 6.45) is 5.48.